The Morgan fingerprint density at radius 3 is 2.50 bits per heavy atom. The van der Waals surface area contributed by atoms with Gasteiger partial charge >= 0.3 is 6.03 Å². The zero-order chi connectivity index (χ0) is 17.6. The maximum atomic E-state index is 11.9. The fraction of sp³-hybridized carbons (Fsp3) is 0.333. The number of para-hydroxylation sites is 1. The molecule has 128 valence electrons. The van der Waals surface area contributed by atoms with Crippen LogP contribution in [0.1, 0.15) is 20.8 Å². The second-order valence-electron chi connectivity index (χ2n) is 5.91. The Labute approximate surface area is 148 Å². The van der Waals surface area contributed by atoms with Gasteiger partial charge in [0.1, 0.15) is 0 Å². The zero-order valence-corrected chi connectivity index (χ0v) is 15.3. The number of hydrogen-bond donors (Lipinski definition) is 3. The van der Waals surface area contributed by atoms with Crippen LogP contribution < -0.4 is 16.0 Å². The lowest BCUT2D eigenvalue weighted by Crippen LogP contribution is -2.41. The Balaban J connectivity index is 1.80. The van der Waals surface area contributed by atoms with E-state index in [2.05, 4.69) is 26.1 Å². The summed E-state index contributed by atoms with van der Waals surface area (Å²) in [4.78, 5) is 23.6. The van der Waals surface area contributed by atoms with E-state index in [0.29, 0.717) is 15.2 Å². The molecule has 0 aliphatic heterocycles. The molecule has 0 radical (unpaired) electrons. The molecule has 0 saturated carbocycles. The number of rotatable bonds is 5. The molecule has 0 saturated heterocycles. The fourth-order valence-electron chi connectivity index (χ4n) is 1.68. The van der Waals surface area contributed by atoms with Gasteiger partial charge in [-0.3, -0.25) is 10.1 Å². The van der Waals surface area contributed by atoms with Gasteiger partial charge in [0.2, 0.25) is 11.0 Å². The Morgan fingerprint density at radius 1 is 1.12 bits per heavy atom. The van der Waals surface area contributed by atoms with Crippen LogP contribution in [0.25, 0.3) is 0 Å². The lowest BCUT2D eigenvalue weighted by atomic mass is 10.1. The molecular weight excluding hydrogens is 346 g/mol. The van der Waals surface area contributed by atoms with Gasteiger partial charge in [0, 0.05) is 11.2 Å². The van der Waals surface area contributed by atoms with Crippen molar-refractivity contribution in [3.05, 3.63) is 30.3 Å². The molecule has 1 heterocycles. The quantitative estimate of drug-likeness (QED) is 0.559. The van der Waals surface area contributed by atoms with Crippen molar-refractivity contribution in [1.29, 1.82) is 0 Å². The maximum Gasteiger partial charge on any atom is 0.325 e. The van der Waals surface area contributed by atoms with Crippen molar-refractivity contribution < 1.29 is 9.59 Å². The van der Waals surface area contributed by atoms with Gasteiger partial charge in [-0.2, -0.15) is 0 Å². The highest BCUT2D eigenvalue weighted by Gasteiger charge is 2.15. The monoisotopic (exact) mass is 365 g/mol. The number of nitrogens with zero attached hydrogens (tertiary/aromatic N) is 2. The standard InChI is InChI=1S/C15H19N5O2S2/c1-15(2,3)18-11(21)9-23-14-20-19-13(24-14)17-12(22)16-10-7-5-4-6-8-10/h4-8H,9H2,1-3H3,(H,18,21)(H2,16,17,19,22). The highest BCUT2D eigenvalue weighted by atomic mass is 32.2. The summed E-state index contributed by atoms with van der Waals surface area (Å²) in [6, 6.07) is 8.71. The predicted molar refractivity (Wildman–Crippen MR) is 97.6 cm³/mol. The first-order valence-electron chi connectivity index (χ1n) is 7.22. The Hall–Kier alpha value is -2.13. The number of hydrogen-bond acceptors (Lipinski definition) is 6. The van der Waals surface area contributed by atoms with Crippen LogP contribution in [0.3, 0.4) is 0 Å². The van der Waals surface area contributed by atoms with Crippen LogP contribution in [0.5, 0.6) is 0 Å². The predicted octanol–water partition coefficient (Wildman–Crippen LogP) is 3.19. The van der Waals surface area contributed by atoms with E-state index >= 15 is 0 Å². The highest BCUT2D eigenvalue weighted by Crippen LogP contribution is 2.25. The lowest BCUT2D eigenvalue weighted by molar-refractivity contribution is -0.119. The first-order valence-corrected chi connectivity index (χ1v) is 9.02. The third-order valence-electron chi connectivity index (χ3n) is 2.50. The van der Waals surface area contributed by atoms with E-state index in [1.165, 1.54) is 23.1 Å². The average molecular weight is 365 g/mol. The van der Waals surface area contributed by atoms with E-state index in [4.69, 9.17) is 0 Å². The number of carbonyl (C=O) groups is 2. The molecule has 0 unspecified atom stereocenters. The van der Waals surface area contributed by atoms with Crippen molar-refractivity contribution in [2.45, 2.75) is 30.6 Å². The third-order valence-corrected chi connectivity index (χ3v) is 4.47. The molecule has 2 rings (SSSR count). The van der Waals surface area contributed by atoms with Crippen LogP contribution in [-0.2, 0) is 4.79 Å². The summed E-state index contributed by atoms with van der Waals surface area (Å²) in [6.45, 7) is 5.77. The molecule has 1 aromatic carbocycles. The number of amides is 3. The molecule has 0 aliphatic rings. The number of thioether (sulfide) groups is 1. The summed E-state index contributed by atoms with van der Waals surface area (Å²) in [5.74, 6) is 0.182. The molecule has 0 aliphatic carbocycles. The number of aromatic nitrogens is 2. The summed E-state index contributed by atoms with van der Waals surface area (Å²) >= 11 is 2.50. The zero-order valence-electron chi connectivity index (χ0n) is 13.6. The van der Waals surface area contributed by atoms with E-state index in [1.54, 1.807) is 12.1 Å². The molecule has 24 heavy (non-hydrogen) atoms. The van der Waals surface area contributed by atoms with Crippen molar-refractivity contribution in [2.24, 2.45) is 0 Å². The van der Waals surface area contributed by atoms with Gasteiger partial charge in [-0.25, -0.2) is 4.79 Å². The molecular formula is C15H19N5O2S2. The van der Waals surface area contributed by atoms with Crippen molar-refractivity contribution in [3.8, 4) is 0 Å². The average Bonchev–Trinajstić information content (AvgIpc) is 2.92. The van der Waals surface area contributed by atoms with Crippen molar-refractivity contribution in [3.63, 3.8) is 0 Å². The number of anilines is 2. The van der Waals surface area contributed by atoms with Crippen LogP contribution in [0, 0.1) is 0 Å². The summed E-state index contributed by atoms with van der Waals surface area (Å²) in [5, 5.41) is 16.4. The Morgan fingerprint density at radius 2 is 1.83 bits per heavy atom. The van der Waals surface area contributed by atoms with E-state index in [0.717, 1.165) is 0 Å². The Bertz CT molecular complexity index is 697. The summed E-state index contributed by atoms with van der Waals surface area (Å²) in [6.07, 6.45) is 0. The van der Waals surface area contributed by atoms with Gasteiger partial charge in [0.05, 0.1) is 5.75 Å². The van der Waals surface area contributed by atoms with Gasteiger partial charge in [-0.1, -0.05) is 41.3 Å². The number of urea groups is 1. The van der Waals surface area contributed by atoms with E-state index in [9.17, 15) is 9.59 Å². The number of carbonyl (C=O) groups excluding carboxylic acids is 2. The topological polar surface area (TPSA) is 96.0 Å². The SMILES string of the molecule is CC(C)(C)NC(=O)CSc1nnc(NC(=O)Nc2ccccc2)s1. The van der Waals surface area contributed by atoms with Crippen molar-refractivity contribution >= 4 is 45.9 Å². The molecule has 0 bridgehead atoms. The summed E-state index contributed by atoms with van der Waals surface area (Å²) in [7, 11) is 0. The van der Waals surface area contributed by atoms with Crippen LogP contribution in [0.15, 0.2) is 34.7 Å². The number of benzene rings is 1. The Kier molecular flexibility index (Phi) is 6.16. The molecule has 2 aromatic rings. The highest BCUT2D eigenvalue weighted by molar-refractivity contribution is 8.01. The third kappa shape index (κ3) is 6.55. The van der Waals surface area contributed by atoms with Gasteiger partial charge < -0.3 is 10.6 Å². The summed E-state index contributed by atoms with van der Waals surface area (Å²) in [5.41, 5.74) is 0.425. The molecule has 0 fully saturated rings. The van der Waals surface area contributed by atoms with Crippen LogP contribution in [-0.4, -0.2) is 33.4 Å². The van der Waals surface area contributed by atoms with Gasteiger partial charge in [-0.05, 0) is 32.9 Å². The normalized spacial score (nSPS) is 11.0. The maximum absolute atomic E-state index is 11.9. The minimum Gasteiger partial charge on any atom is -0.351 e. The molecule has 0 spiro atoms. The molecule has 3 N–H and O–H groups in total. The van der Waals surface area contributed by atoms with Crippen LogP contribution >= 0.6 is 23.1 Å². The van der Waals surface area contributed by atoms with E-state index in [1.807, 2.05) is 39.0 Å². The second kappa shape index (κ2) is 8.11. The smallest absolute Gasteiger partial charge is 0.325 e. The van der Waals surface area contributed by atoms with Crippen LogP contribution in [0.4, 0.5) is 15.6 Å². The first-order chi connectivity index (χ1) is 11.3. The minimum absolute atomic E-state index is 0.0703. The summed E-state index contributed by atoms with van der Waals surface area (Å²) < 4.78 is 0.620. The van der Waals surface area contributed by atoms with Gasteiger partial charge in [0.15, 0.2) is 4.34 Å². The molecule has 3 amide bonds. The lowest BCUT2D eigenvalue weighted by Gasteiger charge is -2.19. The van der Waals surface area contributed by atoms with E-state index in [-0.39, 0.29) is 23.2 Å². The van der Waals surface area contributed by atoms with Gasteiger partial charge in [-0.15, -0.1) is 10.2 Å². The molecule has 0 atom stereocenters. The van der Waals surface area contributed by atoms with Crippen molar-refractivity contribution in [2.75, 3.05) is 16.4 Å². The van der Waals surface area contributed by atoms with Crippen LogP contribution in [0.2, 0.25) is 0 Å². The fourth-order valence-corrected chi connectivity index (χ4v) is 3.23. The first kappa shape index (κ1) is 18.2. The second-order valence-corrected chi connectivity index (χ2v) is 8.11. The minimum atomic E-state index is -0.389. The van der Waals surface area contributed by atoms with E-state index < -0.39 is 0 Å². The molecule has 1 aromatic heterocycles. The largest absolute Gasteiger partial charge is 0.351 e. The molecule has 9 heteroatoms. The molecule has 7 nitrogen and oxygen atoms in total. The van der Waals surface area contributed by atoms with Gasteiger partial charge in [0.25, 0.3) is 0 Å². The number of nitrogens with one attached hydrogen (secondary N) is 3. The van der Waals surface area contributed by atoms with Crippen molar-refractivity contribution in [1.82, 2.24) is 15.5 Å².